The minimum atomic E-state index is -1.10. The van der Waals surface area contributed by atoms with Gasteiger partial charge < -0.3 is 14.4 Å². The topological polar surface area (TPSA) is 77.8 Å². The highest BCUT2D eigenvalue weighted by atomic mass is 32.2. The summed E-state index contributed by atoms with van der Waals surface area (Å²) in [5.41, 5.74) is 0.122. The maximum atomic E-state index is 12.5. The van der Waals surface area contributed by atoms with Gasteiger partial charge in [-0.05, 0) is 46.7 Å². The molecule has 1 aromatic heterocycles. The third kappa shape index (κ3) is 2.36. The van der Waals surface area contributed by atoms with Crippen molar-refractivity contribution in [2.45, 2.75) is 50.9 Å². The van der Waals surface area contributed by atoms with E-state index in [2.05, 4.69) is 24.8 Å². The zero-order valence-corrected chi connectivity index (χ0v) is 13.2. The van der Waals surface area contributed by atoms with Crippen LogP contribution in [0.5, 0.6) is 0 Å². The van der Waals surface area contributed by atoms with Crippen LogP contribution in [0.25, 0.3) is 0 Å². The Morgan fingerprint density at radius 2 is 2.15 bits per heavy atom. The molecule has 0 unspecified atom stereocenters. The molecule has 2 aliphatic rings. The molecular formula is C13H23N5OS. The number of rotatable bonds is 2. The van der Waals surface area contributed by atoms with E-state index in [9.17, 15) is 4.55 Å². The molecule has 0 aromatic carbocycles. The Hall–Kier alpha value is -0.630. The summed E-state index contributed by atoms with van der Waals surface area (Å²) >= 11 is -1.10. The van der Waals surface area contributed by atoms with Crippen molar-refractivity contribution in [2.24, 2.45) is 5.41 Å². The molecule has 7 heteroatoms. The molecule has 2 atom stereocenters. The Morgan fingerprint density at radius 3 is 2.80 bits per heavy atom. The van der Waals surface area contributed by atoms with Crippen LogP contribution in [0.2, 0.25) is 0 Å². The van der Waals surface area contributed by atoms with Crippen molar-refractivity contribution >= 4 is 11.4 Å². The largest absolute Gasteiger partial charge is 0.598 e. The summed E-state index contributed by atoms with van der Waals surface area (Å²) in [7, 11) is 0. The Bertz CT molecular complexity index is 477. The SMILES string of the molecule is CC(C)(C)[S@@+]([O-])N[C@@H]1c2nncn2CC12CCNCC2. The number of nitrogens with zero attached hydrogens (tertiary/aromatic N) is 3. The summed E-state index contributed by atoms with van der Waals surface area (Å²) in [4.78, 5) is 0. The number of nitrogens with one attached hydrogen (secondary N) is 2. The smallest absolute Gasteiger partial charge is 0.155 e. The standard InChI is InChI=1S/C13H23N5OS/c1-12(2,3)20(19)17-10-11-16-15-9-18(11)8-13(10)4-6-14-7-5-13/h9-10,14,17H,4-8H2,1-3H3/t10-,20-/m1/s1. The third-order valence-electron chi connectivity index (χ3n) is 4.38. The molecule has 0 bridgehead atoms. The maximum Gasteiger partial charge on any atom is 0.155 e. The van der Waals surface area contributed by atoms with Crippen molar-refractivity contribution in [3.05, 3.63) is 12.2 Å². The zero-order chi connectivity index (χ0) is 14.4. The quantitative estimate of drug-likeness (QED) is 0.788. The van der Waals surface area contributed by atoms with E-state index in [0.29, 0.717) is 0 Å². The lowest BCUT2D eigenvalue weighted by atomic mass is 9.75. The Morgan fingerprint density at radius 1 is 1.45 bits per heavy atom. The van der Waals surface area contributed by atoms with Crippen LogP contribution in [0, 0.1) is 5.41 Å². The molecule has 3 heterocycles. The summed E-state index contributed by atoms with van der Waals surface area (Å²) in [6, 6.07) is 0.0344. The van der Waals surface area contributed by atoms with Crippen LogP contribution in [0.1, 0.15) is 45.5 Å². The van der Waals surface area contributed by atoms with Crippen molar-refractivity contribution in [1.29, 1.82) is 0 Å². The summed E-state index contributed by atoms with van der Waals surface area (Å²) < 4.78 is 17.7. The van der Waals surface area contributed by atoms with Gasteiger partial charge in [-0.25, -0.2) is 0 Å². The Balaban J connectivity index is 1.87. The van der Waals surface area contributed by atoms with Crippen molar-refractivity contribution in [3.63, 3.8) is 0 Å². The second kappa shape index (κ2) is 4.98. The highest BCUT2D eigenvalue weighted by molar-refractivity contribution is 7.90. The first-order valence-corrected chi connectivity index (χ1v) is 8.34. The fourth-order valence-electron chi connectivity index (χ4n) is 3.15. The first kappa shape index (κ1) is 14.3. The van der Waals surface area contributed by atoms with E-state index in [1.807, 2.05) is 20.8 Å². The van der Waals surface area contributed by atoms with Crippen molar-refractivity contribution in [3.8, 4) is 0 Å². The van der Waals surface area contributed by atoms with Gasteiger partial charge in [0, 0.05) is 23.3 Å². The van der Waals surface area contributed by atoms with E-state index in [0.717, 1.165) is 38.3 Å². The highest BCUT2D eigenvalue weighted by Crippen LogP contribution is 2.47. The van der Waals surface area contributed by atoms with E-state index in [1.165, 1.54) is 0 Å². The molecular weight excluding hydrogens is 274 g/mol. The number of hydrogen-bond acceptors (Lipinski definition) is 5. The lowest BCUT2D eigenvalue weighted by molar-refractivity contribution is 0.150. The molecule has 0 amide bonds. The van der Waals surface area contributed by atoms with Crippen LogP contribution >= 0.6 is 0 Å². The van der Waals surface area contributed by atoms with E-state index < -0.39 is 11.4 Å². The average molecular weight is 297 g/mol. The summed E-state index contributed by atoms with van der Waals surface area (Å²) in [6.07, 6.45) is 3.95. The Labute approximate surface area is 123 Å². The van der Waals surface area contributed by atoms with Gasteiger partial charge in [0.05, 0.1) is 0 Å². The molecule has 20 heavy (non-hydrogen) atoms. The second-order valence-electron chi connectivity index (χ2n) is 6.86. The van der Waals surface area contributed by atoms with E-state index in [-0.39, 0.29) is 16.2 Å². The van der Waals surface area contributed by atoms with E-state index >= 15 is 0 Å². The van der Waals surface area contributed by atoms with Gasteiger partial charge in [0.25, 0.3) is 0 Å². The second-order valence-corrected chi connectivity index (χ2v) is 8.86. The average Bonchev–Trinajstić information content (AvgIpc) is 2.91. The van der Waals surface area contributed by atoms with Gasteiger partial charge in [0.2, 0.25) is 0 Å². The molecule has 6 nitrogen and oxygen atoms in total. The van der Waals surface area contributed by atoms with Gasteiger partial charge >= 0.3 is 0 Å². The van der Waals surface area contributed by atoms with Gasteiger partial charge in [-0.1, -0.05) is 0 Å². The fraction of sp³-hybridized carbons (Fsp3) is 0.846. The molecule has 2 aliphatic heterocycles. The van der Waals surface area contributed by atoms with Gasteiger partial charge in [0.15, 0.2) is 5.82 Å². The summed E-state index contributed by atoms with van der Waals surface area (Å²) in [5.74, 6) is 0.935. The monoisotopic (exact) mass is 297 g/mol. The fourth-order valence-corrected chi connectivity index (χ4v) is 4.07. The van der Waals surface area contributed by atoms with E-state index in [4.69, 9.17) is 0 Å². The van der Waals surface area contributed by atoms with Crippen LogP contribution < -0.4 is 10.0 Å². The van der Waals surface area contributed by atoms with Gasteiger partial charge in [-0.3, -0.25) is 0 Å². The molecule has 1 aromatic rings. The molecule has 1 saturated heterocycles. The number of piperidine rings is 1. The first-order valence-electron chi connectivity index (χ1n) is 7.19. The summed E-state index contributed by atoms with van der Waals surface area (Å²) in [6.45, 7) is 8.92. The maximum absolute atomic E-state index is 12.5. The molecule has 112 valence electrons. The van der Waals surface area contributed by atoms with Crippen LogP contribution in [0.4, 0.5) is 0 Å². The molecule has 0 aliphatic carbocycles. The normalized spacial score (nSPS) is 26.7. The van der Waals surface area contributed by atoms with Gasteiger partial charge in [0.1, 0.15) is 17.1 Å². The lowest BCUT2D eigenvalue weighted by Crippen LogP contribution is -2.49. The molecule has 2 N–H and O–H groups in total. The third-order valence-corrected chi connectivity index (χ3v) is 5.94. The van der Waals surface area contributed by atoms with E-state index in [1.54, 1.807) is 6.33 Å². The molecule has 0 radical (unpaired) electrons. The van der Waals surface area contributed by atoms with Crippen LogP contribution in [0.15, 0.2) is 6.33 Å². The number of fused-ring (bicyclic) bond motifs is 1. The number of aromatic nitrogens is 3. The number of hydrogen-bond donors (Lipinski definition) is 2. The zero-order valence-electron chi connectivity index (χ0n) is 12.3. The van der Waals surface area contributed by atoms with Crippen molar-refractivity contribution < 1.29 is 4.55 Å². The molecule has 3 rings (SSSR count). The van der Waals surface area contributed by atoms with Crippen LogP contribution in [-0.4, -0.2) is 37.2 Å². The van der Waals surface area contributed by atoms with Gasteiger partial charge in [-0.15, -0.1) is 14.9 Å². The molecule has 0 saturated carbocycles. The predicted molar refractivity (Wildman–Crippen MR) is 78.3 cm³/mol. The minimum Gasteiger partial charge on any atom is -0.598 e. The van der Waals surface area contributed by atoms with Crippen LogP contribution in [0.3, 0.4) is 0 Å². The van der Waals surface area contributed by atoms with Crippen LogP contribution in [-0.2, 0) is 17.9 Å². The minimum absolute atomic E-state index is 0.0344. The lowest BCUT2D eigenvalue weighted by Gasteiger charge is -2.39. The molecule has 1 spiro atoms. The highest BCUT2D eigenvalue weighted by Gasteiger charge is 2.51. The van der Waals surface area contributed by atoms with Crippen molar-refractivity contribution in [1.82, 2.24) is 24.8 Å². The first-order chi connectivity index (χ1) is 9.42. The predicted octanol–water partition coefficient (Wildman–Crippen LogP) is 0.754. The molecule has 1 fully saturated rings. The van der Waals surface area contributed by atoms with Gasteiger partial charge in [-0.2, -0.15) is 0 Å². The summed E-state index contributed by atoms with van der Waals surface area (Å²) in [5, 5.41) is 11.7. The Kier molecular flexibility index (Phi) is 3.56. The van der Waals surface area contributed by atoms with Crippen molar-refractivity contribution in [2.75, 3.05) is 13.1 Å².